The molecule has 2 fully saturated rings. The van der Waals surface area contributed by atoms with Gasteiger partial charge >= 0.3 is 0 Å². The molecule has 3 aromatic rings. The van der Waals surface area contributed by atoms with Crippen LogP contribution >= 0.6 is 0 Å². The summed E-state index contributed by atoms with van der Waals surface area (Å²) in [6.45, 7) is 1.22. The highest BCUT2D eigenvalue weighted by Crippen LogP contribution is 2.32. The van der Waals surface area contributed by atoms with Crippen LogP contribution in [0.5, 0.6) is 0 Å². The van der Waals surface area contributed by atoms with Crippen LogP contribution in [0, 0.1) is 0 Å². The lowest BCUT2D eigenvalue weighted by atomic mass is 9.88. The maximum absolute atomic E-state index is 13.2. The maximum Gasteiger partial charge on any atom is 0.293 e. The van der Waals surface area contributed by atoms with E-state index in [1.165, 1.54) is 19.3 Å². The minimum Gasteiger partial charge on any atom is -0.351 e. The van der Waals surface area contributed by atoms with Gasteiger partial charge < -0.3 is 14.3 Å². The number of benzene rings is 2. The molecule has 6 nitrogen and oxygen atoms in total. The van der Waals surface area contributed by atoms with Gasteiger partial charge in [-0.1, -0.05) is 85.1 Å². The Labute approximate surface area is 194 Å². The highest BCUT2D eigenvalue weighted by molar-refractivity contribution is 5.95. The zero-order chi connectivity index (χ0) is 22.6. The lowest BCUT2D eigenvalue weighted by Crippen LogP contribution is -2.55. The molecule has 1 saturated carbocycles. The van der Waals surface area contributed by atoms with E-state index in [1.807, 2.05) is 41.3 Å². The van der Waals surface area contributed by atoms with Gasteiger partial charge in [0.2, 0.25) is 11.7 Å². The SMILES string of the molecule is O=C(c1cc(C(c2ccccc2)c2ccccc2)no1)N1CCN(C2CCCCC2)C(=O)C1. The molecular weight excluding hydrogens is 414 g/mol. The molecule has 1 aliphatic heterocycles. The monoisotopic (exact) mass is 443 g/mol. The van der Waals surface area contributed by atoms with Gasteiger partial charge in [-0.05, 0) is 24.0 Å². The Balaban J connectivity index is 1.33. The van der Waals surface area contributed by atoms with Crippen LogP contribution in [0.1, 0.15) is 65.4 Å². The number of piperazine rings is 1. The van der Waals surface area contributed by atoms with Crippen molar-refractivity contribution in [2.75, 3.05) is 19.6 Å². The number of hydrogen-bond donors (Lipinski definition) is 0. The number of nitrogens with zero attached hydrogens (tertiary/aromatic N) is 3. The predicted octanol–water partition coefficient (Wildman–Crippen LogP) is 4.47. The Morgan fingerprint density at radius 3 is 2.15 bits per heavy atom. The molecule has 170 valence electrons. The number of rotatable bonds is 5. The van der Waals surface area contributed by atoms with E-state index in [9.17, 15) is 9.59 Å². The Hall–Kier alpha value is -3.41. The minimum absolute atomic E-state index is 0.0349. The lowest BCUT2D eigenvalue weighted by Gasteiger charge is -2.40. The summed E-state index contributed by atoms with van der Waals surface area (Å²) in [6, 6.07) is 22.2. The zero-order valence-electron chi connectivity index (χ0n) is 18.7. The van der Waals surface area contributed by atoms with Crippen molar-refractivity contribution in [3.63, 3.8) is 0 Å². The van der Waals surface area contributed by atoms with Crippen molar-refractivity contribution in [1.82, 2.24) is 15.0 Å². The molecule has 0 unspecified atom stereocenters. The molecule has 2 aliphatic rings. The lowest BCUT2D eigenvalue weighted by molar-refractivity contribution is -0.138. The first-order valence-electron chi connectivity index (χ1n) is 11.9. The third kappa shape index (κ3) is 4.56. The van der Waals surface area contributed by atoms with Crippen molar-refractivity contribution in [3.8, 4) is 0 Å². The molecule has 2 heterocycles. The number of carbonyl (C=O) groups is 2. The molecule has 6 heteroatoms. The molecule has 1 aromatic heterocycles. The standard InChI is InChI=1S/C27H29N3O3/c31-25-19-29(16-17-30(25)22-14-8-3-9-15-22)27(32)24-18-23(28-33-24)26(20-10-4-1-5-11-20)21-12-6-2-7-13-21/h1-2,4-7,10-13,18,22,26H,3,8-9,14-17,19H2. The van der Waals surface area contributed by atoms with Gasteiger partial charge in [0, 0.05) is 25.2 Å². The Kier molecular flexibility index (Phi) is 6.24. The van der Waals surface area contributed by atoms with Crippen LogP contribution in [0.3, 0.4) is 0 Å². The molecule has 1 saturated heterocycles. The van der Waals surface area contributed by atoms with Crippen LogP contribution in [-0.2, 0) is 4.79 Å². The first-order chi connectivity index (χ1) is 16.2. The average Bonchev–Trinajstić information content (AvgIpc) is 3.35. The van der Waals surface area contributed by atoms with Crippen molar-refractivity contribution in [2.24, 2.45) is 0 Å². The molecule has 5 rings (SSSR count). The molecule has 0 atom stereocenters. The number of aromatic nitrogens is 1. The van der Waals surface area contributed by atoms with E-state index in [0.29, 0.717) is 24.8 Å². The second kappa shape index (κ2) is 9.61. The molecule has 2 aromatic carbocycles. The maximum atomic E-state index is 13.2. The van der Waals surface area contributed by atoms with Gasteiger partial charge in [-0.25, -0.2) is 0 Å². The van der Waals surface area contributed by atoms with Gasteiger partial charge in [-0.3, -0.25) is 9.59 Å². The van der Waals surface area contributed by atoms with Gasteiger partial charge in [0.05, 0.1) is 11.6 Å². The summed E-state index contributed by atoms with van der Waals surface area (Å²) in [6.07, 6.45) is 5.77. The highest BCUT2D eigenvalue weighted by atomic mass is 16.5. The summed E-state index contributed by atoms with van der Waals surface area (Å²) in [4.78, 5) is 29.5. The fourth-order valence-electron chi connectivity index (χ4n) is 5.15. The van der Waals surface area contributed by atoms with Crippen LogP contribution in [0.2, 0.25) is 0 Å². The van der Waals surface area contributed by atoms with Crippen molar-refractivity contribution >= 4 is 11.8 Å². The fourth-order valence-corrected chi connectivity index (χ4v) is 5.15. The topological polar surface area (TPSA) is 66.7 Å². The predicted molar refractivity (Wildman–Crippen MR) is 125 cm³/mol. The highest BCUT2D eigenvalue weighted by Gasteiger charge is 2.34. The van der Waals surface area contributed by atoms with E-state index >= 15 is 0 Å². The Morgan fingerprint density at radius 1 is 0.909 bits per heavy atom. The first kappa shape index (κ1) is 21.4. The van der Waals surface area contributed by atoms with Crippen molar-refractivity contribution in [1.29, 1.82) is 0 Å². The second-order valence-corrected chi connectivity index (χ2v) is 8.98. The first-order valence-corrected chi connectivity index (χ1v) is 11.9. The summed E-state index contributed by atoms with van der Waals surface area (Å²) in [5, 5.41) is 4.27. The van der Waals surface area contributed by atoms with Gasteiger partial charge in [0.25, 0.3) is 5.91 Å². The van der Waals surface area contributed by atoms with Crippen LogP contribution in [0.25, 0.3) is 0 Å². The largest absolute Gasteiger partial charge is 0.351 e. The number of amides is 2. The molecule has 33 heavy (non-hydrogen) atoms. The smallest absolute Gasteiger partial charge is 0.293 e. The number of hydrogen-bond acceptors (Lipinski definition) is 4. The number of carbonyl (C=O) groups excluding carboxylic acids is 2. The third-order valence-electron chi connectivity index (χ3n) is 6.86. The quantitative estimate of drug-likeness (QED) is 0.584. The summed E-state index contributed by atoms with van der Waals surface area (Å²) >= 11 is 0. The van der Waals surface area contributed by atoms with E-state index in [-0.39, 0.29) is 30.0 Å². The van der Waals surface area contributed by atoms with E-state index in [4.69, 9.17) is 4.52 Å². The Morgan fingerprint density at radius 2 is 1.55 bits per heavy atom. The summed E-state index contributed by atoms with van der Waals surface area (Å²) in [5.74, 6) is -0.193. The molecule has 2 amide bonds. The molecular formula is C27H29N3O3. The summed E-state index contributed by atoms with van der Waals surface area (Å²) in [7, 11) is 0. The van der Waals surface area contributed by atoms with Crippen LogP contribution < -0.4 is 0 Å². The van der Waals surface area contributed by atoms with Gasteiger partial charge in [-0.2, -0.15) is 0 Å². The summed E-state index contributed by atoms with van der Waals surface area (Å²) < 4.78 is 5.52. The van der Waals surface area contributed by atoms with E-state index < -0.39 is 0 Å². The zero-order valence-corrected chi connectivity index (χ0v) is 18.7. The van der Waals surface area contributed by atoms with Gasteiger partial charge in [0.1, 0.15) is 6.54 Å². The van der Waals surface area contributed by atoms with Crippen LogP contribution in [-0.4, -0.2) is 52.4 Å². The van der Waals surface area contributed by atoms with E-state index in [1.54, 1.807) is 11.0 Å². The summed E-state index contributed by atoms with van der Waals surface area (Å²) in [5.41, 5.74) is 2.84. The normalized spacial score (nSPS) is 17.5. The third-order valence-corrected chi connectivity index (χ3v) is 6.86. The molecule has 0 spiro atoms. The molecule has 0 radical (unpaired) electrons. The second-order valence-electron chi connectivity index (χ2n) is 8.98. The average molecular weight is 444 g/mol. The van der Waals surface area contributed by atoms with E-state index in [2.05, 4.69) is 29.4 Å². The van der Waals surface area contributed by atoms with Gasteiger partial charge in [-0.15, -0.1) is 0 Å². The van der Waals surface area contributed by atoms with E-state index in [0.717, 1.165) is 24.0 Å². The fraction of sp³-hybridized carbons (Fsp3) is 0.370. The van der Waals surface area contributed by atoms with Crippen molar-refractivity contribution in [2.45, 2.75) is 44.1 Å². The van der Waals surface area contributed by atoms with Crippen molar-refractivity contribution < 1.29 is 14.1 Å². The van der Waals surface area contributed by atoms with Gasteiger partial charge in [0.15, 0.2) is 0 Å². The molecule has 1 aliphatic carbocycles. The molecule has 0 bridgehead atoms. The van der Waals surface area contributed by atoms with Crippen molar-refractivity contribution in [3.05, 3.63) is 89.3 Å². The van der Waals surface area contributed by atoms with Crippen LogP contribution in [0.4, 0.5) is 0 Å². The molecule has 0 N–H and O–H groups in total. The minimum atomic E-state index is -0.273. The van der Waals surface area contributed by atoms with Crippen LogP contribution in [0.15, 0.2) is 71.3 Å². The Bertz CT molecular complexity index is 1050.